The van der Waals surface area contributed by atoms with Gasteiger partial charge in [0, 0.05) is 4.47 Å². The normalized spacial score (nSPS) is 11.2. The van der Waals surface area contributed by atoms with E-state index in [-0.39, 0.29) is 5.56 Å². The molecule has 0 aliphatic heterocycles. The Hall–Kier alpha value is -2.27. The molecule has 0 atom stereocenters. The molecular formula is C15H10BrN3O. The van der Waals surface area contributed by atoms with Gasteiger partial charge in [-0.25, -0.2) is 4.98 Å². The van der Waals surface area contributed by atoms with Crippen molar-refractivity contribution in [3.63, 3.8) is 0 Å². The van der Waals surface area contributed by atoms with Crippen molar-refractivity contribution >= 4 is 33.0 Å². The second-order valence-electron chi connectivity index (χ2n) is 4.21. The summed E-state index contributed by atoms with van der Waals surface area (Å²) in [6, 6.07) is 14.9. The molecule has 3 aromatic rings. The predicted molar refractivity (Wildman–Crippen MR) is 83.1 cm³/mol. The zero-order chi connectivity index (χ0) is 13.9. The molecule has 5 heteroatoms. The van der Waals surface area contributed by atoms with E-state index in [9.17, 15) is 4.79 Å². The van der Waals surface area contributed by atoms with Gasteiger partial charge in [0.15, 0.2) is 0 Å². The highest BCUT2D eigenvalue weighted by molar-refractivity contribution is 9.10. The van der Waals surface area contributed by atoms with Crippen molar-refractivity contribution in [2.24, 2.45) is 5.10 Å². The van der Waals surface area contributed by atoms with Crippen LogP contribution >= 0.6 is 15.9 Å². The maximum atomic E-state index is 12.2. The number of fused-ring (bicyclic) bond motifs is 1. The largest absolute Gasteiger partial charge is 0.281 e. The predicted octanol–water partition coefficient (Wildman–Crippen LogP) is 3.04. The van der Waals surface area contributed by atoms with Crippen molar-refractivity contribution in [1.29, 1.82) is 0 Å². The van der Waals surface area contributed by atoms with Crippen molar-refractivity contribution in [3.05, 3.63) is 75.2 Å². The third-order valence-electron chi connectivity index (χ3n) is 2.85. The second-order valence-corrected chi connectivity index (χ2v) is 5.12. The van der Waals surface area contributed by atoms with Crippen molar-refractivity contribution in [2.45, 2.75) is 0 Å². The molecule has 0 amide bonds. The van der Waals surface area contributed by atoms with Gasteiger partial charge in [0.2, 0.25) is 0 Å². The van der Waals surface area contributed by atoms with Crippen LogP contribution in [0.15, 0.2) is 69.2 Å². The molecule has 3 rings (SSSR count). The third-order valence-corrected chi connectivity index (χ3v) is 3.38. The summed E-state index contributed by atoms with van der Waals surface area (Å²) in [5.74, 6) is 0. The van der Waals surface area contributed by atoms with E-state index in [1.807, 2.05) is 36.4 Å². The number of aromatic nitrogens is 2. The SMILES string of the molecule is O=c1c2ccccc2ncn1N=Cc1ccc(Br)cc1. The first-order chi connectivity index (χ1) is 9.74. The van der Waals surface area contributed by atoms with E-state index in [0.717, 1.165) is 10.0 Å². The van der Waals surface area contributed by atoms with Gasteiger partial charge in [-0.05, 0) is 29.8 Å². The van der Waals surface area contributed by atoms with Crippen LogP contribution in [-0.4, -0.2) is 15.9 Å². The highest BCUT2D eigenvalue weighted by Crippen LogP contribution is 2.09. The van der Waals surface area contributed by atoms with Crippen LogP contribution in [-0.2, 0) is 0 Å². The fourth-order valence-electron chi connectivity index (χ4n) is 1.82. The summed E-state index contributed by atoms with van der Waals surface area (Å²) in [4.78, 5) is 16.4. The van der Waals surface area contributed by atoms with Gasteiger partial charge in [0.1, 0.15) is 6.33 Å². The molecule has 0 saturated carbocycles. The second kappa shape index (κ2) is 5.38. The lowest BCUT2D eigenvalue weighted by Crippen LogP contribution is -2.16. The molecule has 4 nitrogen and oxygen atoms in total. The van der Waals surface area contributed by atoms with Crippen LogP contribution < -0.4 is 5.56 Å². The van der Waals surface area contributed by atoms with Gasteiger partial charge in [-0.2, -0.15) is 9.78 Å². The van der Waals surface area contributed by atoms with Crippen molar-refractivity contribution in [1.82, 2.24) is 9.66 Å². The molecule has 0 fully saturated rings. The van der Waals surface area contributed by atoms with E-state index in [4.69, 9.17) is 0 Å². The van der Waals surface area contributed by atoms with Gasteiger partial charge in [0.25, 0.3) is 5.56 Å². The minimum Gasteiger partial charge on any atom is -0.267 e. The molecule has 2 aromatic carbocycles. The highest BCUT2D eigenvalue weighted by Gasteiger charge is 2.01. The lowest BCUT2D eigenvalue weighted by molar-refractivity contribution is 0.817. The Morgan fingerprint density at radius 3 is 2.65 bits per heavy atom. The van der Waals surface area contributed by atoms with Crippen LogP contribution in [0.4, 0.5) is 0 Å². The summed E-state index contributed by atoms with van der Waals surface area (Å²) in [7, 11) is 0. The number of halogens is 1. The number of rotatable bonds is 2. The minimum atomic E-state index is -0.177. The molecule has 98 valence electrons. The van der Waals surface area contributed by atoms with Crippen molar-refractivity contribution < 1.29 is 0 Å². The molecule has 20 heavy (non-hydrogen) atoms. The Labute approximate surface area is 123 Å². The molecule has 0 aliphatic rings. The number of hydrogen-bond acceptors (Lipinski definition) is 3. The van der Waals surface area contributed by atoms with E-state index in [1.54, 1.807) is 18.3 Å². The van der Waals surface area contributed by atoms with Crippen molar-refractivity contribution in [2.75, 3.05) is 0 Å². The molecule has 0 aliphatic carbocycles. The van der Waals surface area contributed by atoms with E-state index in [1.165, 1.54) is 11.0 Å². The molecule has 0 unspecified atom stereocenters. The fraction of sp³-hybridized carbons (Fsp3) is 0. The first-order valence-corrected chi connectivity index (χ1v) is 6.80. The van der Waals surface area contributed by atoms with Crippen LogP contribution in [0.2, 0.25) is 0 Å². The van der Waals surface area contributed by atoms with Crippen LogP contribution in [0, 0.1) is 0 Å². The third kappa shape index (κ3) is 2.53. The van der Waals surface area contributed by atoms with Gasteiger partial charge >= 0.3 is 0 Å². The fourth-order valence-corrected chi connectivity index (χ4v) is 2.08. The maximum absolute atomic E-state index is 12.2. The van der Waals surface area contributed by atoms with Gasteiger partial charge in [-0.1, -0.05) is 40.2 Å². The lowest BCUT2D eigenvalue weighted by atomic mass is 10.2. The summed E-state index contributed by atoms with van der Waals surface area (Å²) in [5, 5.41) is 4.72. The van der Waals surface area contributed by atoms with Gasteiger partial charge in [0.05, 0.1) is 17.1 Å². The average Bonchev–Trinajstić information content (AvgIpc) is 2.49. The maximum Gasteiger partial charge on any atom is 0.281 e. The van der Waals surface area contributed by atoms with Crippen LogP contribution in [0.1, 0.15) is 5.56 Å². The first kappa shape index (κ1) is 12.7. The van der Waals surface area contributed by atoms with E-state index in [2.05, 4.69) is 26.0 Å². The zero-order valence-electron chi connectivity index (χ0n) is 10.4. The Morgan fingerprint density at radius 2 is 1.85 bits per heavy atom. The Bertz CT molecular complexity index is 838. The molecule has 0 N–H and O–H groups in total. The monoisotopic (exact) mass is 327 g/mol. The van der Waals surface area contributed by atoms with Gasteiger partial charge in [-0.3, -0.25) is 4.79 Å². The highest BCUT2D eigenvalue weighted by atomic mass is 79.9. The number of hydrogen-bond donors (Lipinski definition) is 0. The van der Waals surface area contributed by atoms with Crippen molar-refractivity contribution in [3.8, 4) is 0 Å². The Morgan fingerprint density at radius 1 is 1.10 bits per heavy atom. The lowest BCUT2D eigenvalue weighted by Gasteiger charge is -2.00. The number of benzene rings is 2. The summed E-state index contributed by atoms with van der Waals surface area (Å²) >= 11 is 3.37. The molecule has 1 aromatic heterocycles. The zero-order valence-corrected chi connectivity index (χ0v) is 12.0. The molecular weight excluding hydrogens is 318 g/mol. The Balaban J connectivity index is 2.01. The molecule has 0 spiro atoms. The molecule has 1 heterocycles. The Kier molecular flexibility index (Phi) is 3.43. The quantitative estimate of drug-likeness (QED) is 0.679. The van der Waals surface area contributed by atoms with E-state index >= 15 is 0 Å². The summed E-state index contributed by atoms with van der Waals surface area (Å²) in [6.45, 7) is 0. The first-order valence-electron chi connectivity index (χ1n) is 6.00. The molecule has 0 saturated heterocycles. The van der Waals surface area contributed by atoms with Crippen LogP contribution in [0.5, 0.6) is 0 Å². The summed E-state index contributed by atoms with van der Waals surface area (Å²) < 4.78 is 2.24. The summed E-state index contributed by atoms with van der Waals surface area (Å²) in [6.07, 6.45) is 3.06. The molecule has 0 radical (unpaired) electrons. The molecule has 0 bridgehead atoms. The van der Waals surface area contributed by atoms with E-state index < -0.39 is 0 Å². The number of nitrogens with zero attached hydrogens (tertiary/aromatic N) is 3. The van der Waals surface area contributed by atoms with Gasteiger partial charge in [-0.15, -0.1) is 0 Å². The van der Waals surface area contributed by atoms with Crippen LogP contribution in [0.3, 0.4) is 0 Å². The standard InChI is InChI=1S/C15H10BrN3O/c16-12-7-5-11(6-8-12)9-18-19-10-17-14-4-2-1-3-13(14)15(19)20/h1-10H. The van der Waals surface area contributed by atoms with E-state index in [0.29, 0.717) is 10.9 Å². The smallest absolute Gasteiger partial charge is 0.267 e. The van der Waals surface area contributed by atoms with Gasteiger partial charge < -0.3 is 0 Å². The minimum absolute atomic E-state index is 0.177. The summed E-state index contributed by atoms with van der Waals surface area (Å²) in [5.41, 5.74) is 1.41. The average molecular weight is 328 g/mol. The van der Waals surface area contributed by atoms with Crippen LogP contribution in [0.25, 0.3) is 10.9 Å². The topological polar surface area (TPSA) is 47.2 Å². The number of para-hydroxylation sites is 1.